The number of ether oxygens (including phenoxy) is 4. The van der Waals surface area contributed by atoms with Crippen molar-refractivity contribution in [2.45, 2.75) is 335 Å². The number of aliphatic hydroxyl groups is 1. The minimum atomic E-state index is -4.94. The maximum Gasteiger partial charge on any atom is 0.472 e. The molecule has 0 aliphatic rings. The van der Waals surface area contributed by atoms with E-state index in [0.717, 1.165) is 95.8 Å². The highest BCUT2D eigenvalue weighted by Gasteiger charge is 2.30. The average molecular weight is 1210 g/mol. The maximum absolute atomic E-state index is 13.0. The number of phosphoric ester groups is 2. The first kappa shape index (κ1) is 80.1. The zero-order chi connectivity index (χ0) is 60.6. The van der Waals surface area contributed by atoms with Crippen molar-refractivity contribution >= 4 is 39.5 Å². The van der Waals surface area contributed by atoms with E-state index < -0.39 is 97.5 Å². The van der Waals surface area contributed by atoms with Crippen LogP contribution in [0.2, 0.25) is 0 Å². The Morgan fingerprint density at radius 1 is 0.341 bits per heavy atom. The van der Waals surface area contributed by atoms with Gasteiger partial charge in [-0.25, -0.2) is 9.13 Å². The second-order valence-electron chi connectivity index (χ2n) is 23.0. The first-order valence-corrected chi connectivity index (χ1v) is 36.2. The van der Waals surface area contributed by atoms with Gasteiger partial charge in [0.1, 0.15) is 19.3 Å². The predicted octanol–water partition coefficient (Wildman–Crippen LogP) is 17.4. The standard InChI is InChI=1S/C63H122O17P2/c1-6-10-13-16-19-22-24-26-29-32-38-43-48-62(67)79-58(52-74-61(66)47-42-37-31-28-25-23-20-17-14-11-7-2)54-77-81(69,70)75-50-57(64)51-76-82(71,72)78-55-59(53-73-60(65)46-41-36-30-27-21-18-15-12-8-3)80-63(68)49-44-39-34-33-35-40-45-56(5)9-4/h56-59,64H,6-55H2,1-5H3,(H,69,70)(H,71,72)/t56?,57-,58-,59-/m1/s1. The molecule has 0 radical (unpaired) electrons. The fourth-order valence-electron chi connectivity index (χ4n) is 9.37. The summed E-state index contributed by atoms with van der Waals surface area (Å²) < 4.78 is 67.9. The van der Waals surface area contributed by atoms with Crippen molar-refractivity contribution < 1.29 is 80.2 Å². The summed E-state index contributed by atoms with van der Waals surface area (Å²) >= 11 is 0. The van der Waals surface area contributed by atoms with Crippen molar-refractivity contribution in [1.29, 1.82) is 0 Å². The Morgan fingerprint density at radius 2 is 0.585 bits per heavy atom. The molecule has 0 aromatic carbocycles. The molecule has 0 spiro atoms. The van der Waals surface area contributed by atoms with Gasteiger partial charge in [-0.15, -0.1) is 0 Å². The zero-order valence-corrected chi connectivity index (χ0v) is 54.4. The lowest BCUT2D eigenvalue weighted by Crippen LogP contribution is -2.30. The lowest BCUT2D eigenvalue weighted by Gasteiger charge is -2.21. The molecule has 0 amide bonds. The number of phosphoric acid groups is 2. The molecule has 6 atom stereocenters. The third-order valence-electron chi connectivity index (χ3n) is 14.9. The van der Waals surface area contributed by atoms with Crippen LogP contribution in [-0.2, 0) is 65.4 Å². The van der Waals surface area contributed by atoms with E-state index in [9.17, 15) is 43.2 Å². The number of rotatable bonds is 63. The van der Waals surface area contributed by atoms with Crippen molar-refractivity contribution in [3.63, 3.8) is 0 Å². The molecule has 0 heterocycles. The largest absolute Gasteiger partial charge is 0.472 e. The van der Waals surface area contributed by atoms with Gasteiger partial charge in [0, 0.05) is 25.7 Å². The molecule has 0 bridgehead atoms. The van der Waals surface area contributed by atoms with Crippen LogP contribution in [0.15, 0.2) is 0 Å². The molecule has 17 nitrogen and oxygen atoms in total. The van der Waals surface area contributed by atoms with Crippen LogP contribution in [0.3, 0.4) is 0 Å². The number of hydrogen-bond acceptors (Lipinski definition) is 15. The minimum Gasteiger partial charge on any atom is -0.462 e. The molecule has 0 aromatic heterocycles. The van der Waals surface area contributed by atoms with Gasteiger partial charge >= 0.3 is 39.5 Å². The molecule has 0 fully saturated rings. The number of hydrogen-bond donors (Lipinski definition) is 3. The van der Waals surface area contributed by atoms with Crippen LogP contribution >= 0.6 is 15.6 Å². The quantitative estimate of drug-likeness (QED) is 0.0222. The van der Waals surface area contributed by atoms with Crippen molar-refractivity contribution in [2.24, 2.45) is 5.92 Å². The Balaban J connectivity index is 5.24. The van der Waals surface area contributed by atoms with Crippen molar-refractivity contribution in [1.82, 2.24) is 0 Å². The highest BCUT2D eigenvalue weighted by atomic mass is 31.2. The molecular formula is C63H122O17P2. The highest BCUT2D eigenvalue weighted by molar-refractivity contribution is 7.47. The molecular weight excluding hydrogens is 1090 g/mol. The fourth-order valence-corrected chi connectivity index (χ4v) is 11.0. The molecule has 19 heteroatoms. The van der Waals surface area contributed by atoms with Crippen molar-refractivity contribution in [3.8, 4) is 0 Å². The molecule has 3 unspecified atom stereocenters. The second-order valence-corrected chi connectivity index (χ2v) is 25.9. The number of esters is 4. The third-order valence-corrected chi connectivity index (χ3v) is 16.8. The van der Waals surface area contributed by atoms with E-state index in [1.807, 2.05) is 0 Å². The van der Waals surface area contributed by atoms with Crippen LogP contribution in [-0.4, -0.2) is 96.7 Å². The van der Waals surface area contributed by atoms with Gasteiger partial charge in [-0.3, -0.25) is 37.3 Å². The SMILES string of the molecule is CCCCCCCCCCCCCCC(=O)O[C@H](COC(=O)CCCCCCCCCCCCC)COP(=O)(O)OC[C@@H](O)COP(=O)(O)OC[C@@H](COC(=O)CCCCCCCCCCC)OC(=O)CCCCCCCCC(C)CC. The van der Waals surface area contributed by atoms with Crippen LogP contribution in [0.4, 0.5) is 0 Å². The fraction of sp³-hybridized carbons (Fsp3) is 0.937. The van der Waals surface area contributed by atoms with Gasteiger partial charge in [0.15, 0.2) is 12.2 Å². The van der Waals surface area contributed by atoms with E-state index in [-0.39, 0.29) is 25.7 Å². The van der Waals surface area contributed by atoms with Gasteiger partial charge < -0.3 is 33.8 Å². The second kappa shape index (κ2) is 56.8. The van der Waals surface area contributed by atoms with E-state index in [4.69, 9.17) is 37.0 Å². The van der Waals surface area contributed by atoms with Crippen LogP contribution in [0.25, 0.3) is 0 Å². The molecule has 0 aliphatic heterocycles. The maximum atomic E-state index is 13.0. The minimum absolute atomic E-state index is 0.103. The molecule has 82 heavy (non-hydrogen) atoms. The van der Waals surface area contributed by atoms with Gasteiger partial charge in [-0.1, -0.05) is 266 Å². The molecule has 3 N–H and O–H groups in total. The predicted molar refractivity (Wildman–Crippen MR) is 326 cm³/mol. The van der Waals surface area contributed by atoms with Crippen LogP contribution in [0, 0.1) is 5.92 Å². The summed E-state index contributed by atoms with van der Waals surface area (Å²) in [5.74, 6) is -1.42. The van der Waals surface area contributed by atoms with Gasteiger partial charge in [-0.2, -0.15) is 0 Å². The summed E-state index contributed by atoms with van der Waals surface area (Å²) in [6.07, 6.45) is 40.2. The van der Waals surface area contributed by atoms with E-state index in [1.54, 1.807) is 0 Å². The first-order valence-electron chi connectivity index (χ1n) is 33.2. The summed E-state index contributed by atoms with van der Waals surface area (Å²) in [5, 5.41) is 10.5. The van der Waals surface area contributed by atoms with Gasteiger partial charge in [0.05, 0.1) is 26.4 Å². The molecule has 486 valence electrons. The van der Waals surface area contributed by atoms with Gasteiger partial charge in [-0.05, 0) is 31.6 Å². The molecule has 0 saturated carbocycles. The number of carbonyl (C=O) groups is 4. The Bertz CT molecular complexity index is 1600. The lowest BCUT2D eigenvalue weighted by molar-refractivity contribution is -0.161. The van der Waals surface area contributed by atoms with Crippen LogP contribution in [0.1, 0.15) is 317 Å². The molecule has 0 aromatic rings. The van der Waals surface area contributed by atoms with Gasteiger partial charge in [0.2, 0.25) is 0 Å². The topological polar surface area (TPSA) is 237 Å². The van der Waals surface area contributed by atoms with E-state index in [2.05, 4.69) is 34.6 Å². The summed E-state index contributed by atoms with van der Waals surface area (Å²) in [5.41, 5.74) is 0. The third kappa shape index (κ3) is 55.9. The van der Waals surface area contributed by atoms with Crippen LogP contribution < -0.4 is 0 Å². The first-order chi connectivity index (χ1) is 39.6. The summed E-state index contributed by atoms with van der Waals surface area (Å²) in [6.45, 7) is 7.12. The lowest BCUT2D eigenvalue weighted by atomic mass is 10.00. The van der Waals surface area contributed by atoms with E-state index in [0.29, 0.717) is 25.7 Å². The normalized spacial score (nSPS) is 14.6. The van der Waals surface area contributed by atoms with E-state index >= 15 is 0 Å². The monoisotopic (exact) mass is 1210 g/mol. The average Bonchev–Trinajstić information content (AvgIpc) is 3.45. The molecule has 0 saturated heterocycles. The number of carbonyl (C=O) groups excluding carboxylic acids is 4. The summed E-state index contributed by atoms with van der Waals surface area (Å²) in [7, 11) is -9.88. The summed E-state index contributed by atoms with van der Waals surface area (Å²) in [6, 6.07) is 0. The highest BCUT2D eigenvalue weighted by Crippen LogP contribution is 2.45. The van der Waals surface area contributed by atoms with Crippen LogP contribution in [0.5, 0.6) is 0 Å². The Kier molecular flexibility index (Phi) is 55.5. The Hall–Kier alpha value is -1.94. The Labute approximate surface area is 498 Å². The van der Waals surface area contributed by atoms with Crippen molar-refractivity contribution in [2.75, 3.05) is 39.6 Å². The molecule has 0 rings (SSSR count). The smallest absolute Gasteiger partial charge is 0.462 e. The van der Waals surface area contributed by atoms with E-state index in [1.165, 1.54) is 141 Å². The molecule has 0 aliphatic carbocycles. The van der Waals surface area contributed by atoms with Crippen molar-refractivity contribution in [3.05, 3.63) is 0 Å². The summed E-state index contributed by atoms with van der Waals surface area (Å²) in [4.78, 5) is 72.1. The number of unbranched alkanes of at least 4 members (excludes halogenated alkanes) is 34. The Morgan fingerprint density at radius 3 is 0.866 bits per heavy atom. The zero-order valence-electron chi connectivity index (χ0n) is 52.6. The van der Waals surface area contributed by atoms with Gasteiger partial charge in [0.25, 0.3) is 0 Å². The number of aliphatic hydroxyl groups excluding tert-OH is 1.